The lowest BCUT2D eigenvalue weighted by Crippen LogP contribution is -2.49. The molecular weight excluding hydrogens is 444 g/mol. The van der Waals surface area contributed by atoms with Gasteiger partial charge in [-0.25, -0.2) is 9.78 Å². The lowest BCUT2D eigenvalue weighted by molar-refractivity contribution is 0.105. The minimum Gasteiger partial charge on any atom is -0.450 e. The minimum atomic E-state index is -0.251. The van der Waals surface area contributed by atoms with Gasteiger partial charge in [-0.2, -0.15) is 4.98 Å². The molecule has 1 aromatic carbocycles. The number of hydrogen-bond donors (Lipinski definition) is 0. The van der Waals surface area contributed by atoms with Crippen LogP contribution in [-0.2, 0) is 17.6 Å². The molecule has 0 saturated carbocycles. The number of piperazine rings is 1. The first kappa shape index (κ1) is 21.5. The van der Waals surface area contributed by atoms with E-state index in [1.165, 1.54) is 46.4 Å². The number of nitrogens with zero attached hydrogens (tertiary/aromatic N) is 4. The van der Waals surface area contributed by atoms with Crippen molar-refractivity contribution in [1.82, 2.24) is 14.9 Å². The van der Waals surface area contributed by atoms with Gasteiger partial charge in [0.1, 0.15) is 10.6 Å². The minimum absolute atomic E-state index is 0.251. The Hall–Kier alpha value is -2.38. The molecule has 1 aliphatic heterocycles. The van der Waals surface area contributed by atoms with Crippen molar-refractivity contribution in [3.8, 4) is 11.1 Å². The second kappa shape index (κ2) is 8.87. The maximum atomic E-state index is 12.1. The lowest BCUT2D eigenvalue weighted by atomic mass is 9.89. The van der Waals surface area contributed by atoms with Gasteiger partial charge in [0.15, 0.2) is 0 Å². The molecule has 5 rings (SSSR count). The molecule has 0 radical (unpaired) electrons. The number of rotatable bonds is 3. The average Bonchev–Trinajstić information content (AvgIpc) is 3.13. The Morgan fingerprint density at radius 1 is 1.12 bits per heavy atom. The van der Waals surface area contributed by atoms with Gasteiger partial charge in [0.2, 0.25) is 5.28 Å². The number of halogens is 1. The number of amides is 1. The summed E-state index contributed by atoms with van der Waals surface area (Å²) in [6.07, 6.45) is 4.61. The molecule has 168 valence electrons. The summed E-state index contributed by atoms with van der Waals surface area (Å²) in [4.78, 5) is 27.4. The fourth-order valence-electron chi connectivity index (χ4n) is 4.85. The molecule has 1 fully saturated rings. The van der Waals surface area contributed by atoms with Crippen LogP contribution in [0.2, 0.25) is 5.28 Å². The molecule has 1 amide bonds. The number of aromatic nitrogens is 2. The third kappa shape index (κ3) is 3.92. The molecule has 0 unspecified atom stereocenters. The predicted octanol–water partition coefficient (Wildman–Crippen LogP) is 5.48. The number of carbonyl (C=O) groups is 1. The summed E-state index contributed by atoms with van der Waals surface area (Å²) in [6.45, 7) is 6.92. The van der Waals surface area contributed by atoms with Crippen LogP contribution in [0.25, 0.3) is 21.3 Å². The zero-order valence-corrected chi connectivity index (χ0v) is 20.1. The maximum absolute atomic E-state index is 12.1. The molecule has 0 atom stereocenters. The van der Waals surface area contributed by atoms with Crippen LogP contribution in [0.4, 0.5) is 10.6 Å². The Balaban J connectivity index is 1.54. The van der Waals surface area contributed by atoms with Crippen LogP contribution in [0, 0.1) is 6.92 Å². The lowest BCUT2D eigenvalue weighted by Gasteiger charge is -2.35. The fourth-order valence-corrected chi connectivity index (χ4v) is 6.10. The summed E-state index contributed by atoms with van der Waals surface area (Å²) >= 11 is 8.01. The van der Waals surface area contributed by atoms with E-state index in [4.69, 9.17) is 16.3 Å². The van der Waals surface area contributed by atoms with Crippen LogP contribution >= 0.6 is 22.9 Å². The summed E-state index contributed by atoms with van der Waals surface area (Å²) in [5.41, 5.74) is 5.38. The second-order valence-corrected chi connectivity index (χ2v) is 9.93. The van der Waals surface area contributed by atoms with Gasteiger partial charge in [-0.3, -0.25) is 0 Å². The monoisotopic (exact) mass is 470 g/mol. The molecule has 2 aliphatic rings. The Bertz CT molecular complexity index is 1170. The third-order valence-electron chi connectivity index (χ3n) is 6.42. The fraction of sp³-hybridized carbons (Fsp3) is 0.458. The number of ether oxygens (including phenoxy) is 1. The van der Waals surface area contributed by atoms with Gasteiger partial charge in [0.25, 0.3) is 0 Å². The summed E-state index contributed by atoms with van der Waals surface area (Å²) < 4.78 is 5.16. The molecule has 32 heavy (non-hydrogen) atoms. The molecule has 6 nitrogen and oxygen atoms in total. The number of fused-ring (bicyclic) bond motifs is 2. The van der Waals surface area contributed by atoms with Crippen LogP contribution < -0.4 is 4.90 Å². The molecule has 3 heterocycles. The van der Waals surface area contributed by atoms with Gasteiger partial charge in [-0.1, -0.05) is 18.2 Å². The van der Waals surface area contributed by atoms with Gasteiger partial charge >= 0.3 is 6.09 Å². The summed E-state index contributed by atoms with van der Waals surface area (Å²) in [6, 6.07) is 6.90. The smallest absolute Gasteiger partial charge is 0.409 e. The highest BCUT2D eigenvalue weighted by Crippen LogP contribution is 2.43. The topological polar surface area (TPSA) is 58.6 Å². The molecule has 0 spiro atoms. The van der Waals surface area contributed by atoms with Crippen LogP contribution in [0.5, 0.6) is 0 Å². The summed E-state index contributed by atoms with van der Waals surface area (Å²) in [5.74, 6) is 0.862. The highest BCUT2D eigenvalue weighted by Gasteiger charge is 2.27. The standard InChI is InChI=1S/C24H27ClN4O2S/c1-3-31-24(30)29-12-10-28(11-13-29)21-20-19(15(2)32-22(20)27-23(25)26-21)18-9-8-16-6-4-5-7-17(16)14-18/h8-9,14H,3-7,10-13H2,1-2H3. The number of anilines is 1. The normalized spacial score (nSPS) is 16.3. The van der Waals surface area contributed by atoms with Gasteiger partial charge in [0, 0.05) is 36.6 Å². The van der Waals surface area contributed by atoms with Gasteiger partial charge in [-0.05, 0) is 67.8 Å². The van der Waals surface area contributed by atoms with Crippen LogP contribution in [-0.4, -0.2) is 53.7 Å². The van der Waals surface area contributed by atoms with E-state index in [9.17, 15) is 4.79 Å². The van der Waals surface area contributed by atoms with E-state index in [0.717, 1.165) is 22.5 Å². The largest absolute Gasteiger partial charge is 0.450 e. The van der Waals surface area contributed by atoms with Crippen LogP contribution in [0.15, 0.2) is 18.2 Å². The first-order valence-electron chi connectivity index (χ1n) is 11.3. The van der Waals surface area contributed by atoms with E-state index in [-0.39, 0.29) is 11.4 Å². The van der Waals surface area contributed by atoms with E-state index in [0.29, 0.717) is 32.8 Å². The number of hydrogen-bond acceptors (Lipinski definition) is 6. The first-order chi connectivity index (χ1) is 15.5. The molecule has 0 bridgehead atoms. The molecule has 2 aromatic heterocycles. The quantitative estimate of drug-likeness (QED) is 0.474. The first-order valence-corrected chi connectivity index (χ1v) is 12.5. The number of aryl methyl sites for hydroxylation is 3. The average molecular weight is 471 g/mol. The van der Waals surface area contributed by atoms with Gasteiger partial charge < -0.3 is 14.5 Å². The van der Waals surface area contributed by atoms with Crippen molar-refractivity contribution in [3.63, 3.8) is 0 Å². The molecule has 3 aromatic rings. The summed E-state index contributed by atoms with van der Waals surface area (Å²) in [7, 11) is 0. The van der Waals surface area contributed by atoms with Gasteiger partial charge in [-0.15, -0.1) is 11.3 Å². The maximum Gasteiger partial charge on any atom is 0.409 e. The predicted molar refractivity (Wildman–Crippen MR) is 130 cm³/mol. The Morgan fingerprint density at radius 3 is 2.62 bits per heavy atom. The van der Waals surface area contributed by atoms with Crippen molar-refractivity contribution in [2.45, 2.75) is 39.5 Å². The SMILES string of the molecule is CCOC(=O)N1CCN(c2nc(Cl)nc3sc(C)c(-c4ccc5c(c4)CCCC5)c23)CC1. The van der Waals surface area contributed by atoms with Crippen molar-refractivity contribution < 1.29 is 9.53 Å². The molecular formula is C24H27ClN4O2S. The van der Waals surface area contributed by atoms with E-state index < -0.39 is 0 Å². The van der Waals surface area contributed by atoms with E-state index in [1.54, 1.807) is 16.2 Å². The Morgan fingerprint density at radius 2 is 1.88 bits per heavy atom. The van der Waals surface area contributed by atoms with Gasteiger partial charge in [0.05, 0.1) is 12.0 Å². The van der Waals surface area contributed by atoms with E-state index in [2.05, 4.69) is 40.0 Å². The van der Waals surface area contributed by atoms with Crippen molar-refractivity contribution >= 4 is 45.1 Å². The molecule has 1 aliphatic carbocycles. The second-order valence-electron chi connectivity index (χ2n) is 8.39. The molecule has 1 saturated heterocycles. The zero-order chi connectivity index (χ0) is 22.2. The van der Waals surface area contributed by atoms with Crippen molar-refractivity contribution in [3.05, 3.63) is 39.5 Å². The molecule has 8 heteroatoms. The highest BCUT2D eigenvalue weighted by molar-refractivity contribution is 7.19. The van der Waals surface area contributed by atoms with Crippen LogP contribution in [0.1, 0.15) is 35.8 Å². The zero-order valence-electron chi connectivity index (χ0n) is 18.5. The van der Waals surface area contributed by atoms with Crippen molar-refractivity contribution in [2.24, 2.45) is 0 Å². The van der Waals surface area contributed by atoms with Crippen molar-refractivity contribution in [2.75, 3.05) is 37.7 Å². The Labute approximate surface area is 197 Å². The Kier molecular flexibility index (Phi) is 5.95. The third-order valence-corrected chi connectivity index (χ3v) is 7.59. The highest BCUT2D eigenvalue weighted by atomic mass is 35.5. The number of thiophene rings is 1. The summed E-state index contributed by atoms with van der Waals surface area (Å²) in [5, 5.41) is 1.33. The van der Waals surface area contributed by atoms with E-state index >= 15 is 0 Å². The van der Waals surface area contributed by atoms with E-state index in [1.807, 2.05) is 6.92 Å². The van der Waals surface area contributed by atoms with Crippen LogP contribution in [0.3, 0.4) is 0 Å². The number of benzene rings is 1. The molecule has 0 N–H and O–H groups in total. The number of carbonyl (C=O) groups excluding carboxylic acids is 1. The van der Waals surface area contributed by atoms with Crippen molar-refractivity contribution in [1.29, 1.82) is 0 Å².